The lowest BCUT2D eigenvalue weighted by Crippen LogP contribution is -2.28. The molecule has 10 nitrogen and oxygen atoms in total. The van der Waals surface area contributed by atoms with Gasteiger partial charge in [-0.25, -0.2) is 4.79 Å². The average molecular weight is 424 g/mol. The van der Waals surface area contributed by atoms with Crippen LogP contribution in [0.25, 0.3) is 10.9 Å². The monoisotopic (exact) mass is 424 g/mol. The molecule has 31 heavy (non-hydrogen) atoms. The first-order valence-electron chi connectivity index (χ1n) is 9.33. The van der Waals surface area contributed by atoms with E-state index < -0.39 is 30.4 Å². The highest BCUT2D eigenvalue weighted by molar-refractivity contribution is 6.04. The van der Waals surface area contributed by atoms with E-state index >= 15 is 0 Å². The van der Waals surface area contributed by atoms with Gasteiger partial charge in [-0.15, -0.1) is 0 Å². The summed E-state index contributed by atoms with van der Waals surface area (Å²) < 4.78 is 9.49. The Morgan fingerprint density at radius 2 is 1.77 bits per heavy atom. The van der Waals surface area contributed by atoms with Crippen LogP contribution in [0.4, 0.5) is 5.69 Å². The quantitative estimate of drug-likeness (QED) is 0.467. The zero-order chi connectivity index (χ0) is 22.2. The third-order valence-electron chi connectivity index (χ3n) is 4.25. The Balaban J connectivity index is 1.38. The van der Waals surface area contributed by atoms with Gasteiger partial charge < -0.3 is 20.1 Å². The molecule has 160 valence electrons. The molecule has 3 aromatic rings. The fourth-order valence-electron chi connectivity index (χ4n) is 2.72. The predicted molar refractivity (Wildman–Crippen MR) is 110 cm³/mol. The molecule has 0 bridgehead atoms. The van der Waals surface area contributed by atoms with Crippen LogP contribution in [0.1, 0.15) is 27.3 Å². The molecule has 2 amide bonds. The molecule has 0 fully saturated rings. The highest BCUT2D eigenvalue weighted by Crippen LogP contribution is 2.14. The summed E-state index contributed by atoms with van der Waals surface area (Å²) in [6.45, 7) is -0.439. The number of hydrogen-bond acceptors (Lipinski definition) is 7. The molecule has 0 saturated carbocycles. The number of anilines is 1. The van der Waals surface area contributed by atoms with E-state index in [9.17, 15) is 19.2 Å². The number of aromatic nitrogens is 2. The second-order valence-corrected chi connectivity index (χ2v) is 6.40. The van der Waals surface area contributed by atoms with Gasteiger partial charge in [-0.3, -0.25) is 19.5 Å². The van der Waals surface area contributed by atoms with Crippen molar-refractivity contribution >= 4 is 40.3 Å². The topological polar surface area (TPSA) is 139 Å². The number of H-pyrrole nitrogens is 1. The average Bonchev–Trinajstić information content (AvgIpc) is 3.22. The number of benzene rings is 2. The molecule has 0 aliphatic carbocycles. The van der Waals surface area contributed by atoms with Crippen molar-refractivity contribution in [1.29, 1.82) is 0 Å². The predicted octanol–water partition coefficient (Wildman–Crippen LogP) is 1.65. The zero-order valence-corrected chi connectivity index (χ0v) is 16.6. The van der Waals surface area contributed by atoms with Crippen molar-refractivity contribution in [3.8, 4) is 0 Å². The summed E-state index contributed by atoms with van der Waals surface area (Å²) >= 11 is 0. The highest BCUT2D eigenvalue weighted by atomic mass is 16.5. The number of hydrogen-bond donors (Lipinski definition) is 3. The number of methoxy groups -OCH3 is 1. The maximum absolute atomic E-state index is 12.2. The van der Waals surface area contributed by atoms with Gasteiger partial charge in [0.1, 0.15) is 0 Å². The fourth-order valence-corrected chi connectivity index (χ4v) is 2.72. The number of rotatable bonds is 8. The number of aromatic amines is 1. The van der Waals surface area contributed by atoms with Crippen molar-refractivity contribution in [3.63, 3.8) is 0 Å². The third kappa shape index (κ3) is 5.66. The van der Waals surface area contributed by atoms with Gasteiger partial charge in [0.05, 0.1) is 24.6 Å². The number of nitrogens with one attached hydrogen (secondary N) is 3. The van der Waals surface area contributed by atoms with E-state index in [2.05, 4.69) is 25.6 Å². The van der Waals surface area contributed by atoms with Crippen molar-refractivity contribution in [2.24, 2.45) is 0 Å². The lowest BCUT2D eigenvalue weighted by molar-refractivity contribution is -0.147. The third-order valence-corrected chi connectivity index (χ3v) is 4.25. The van der Waals surface area contributed by atoms with Crippen LogP contribution in [0.3, 0.4) is 0 Å². The maximum Gasteiger partial charge on any atom is 0.337 e. The summed E-state index contributed by atoms with van der Waals surface area (Å²) in [5, 5.41) is 12.6. The molecule has 3 N–H and O–H groups in total. The van der Waals surface area contributed by atoms with Crippen LogP contribution in [0.2, 0.25) is 0 Å². The number of ether oxygens (including phenoxy) is 2. The first-order chi connectivity index (χ1) is 15.0. The summed E-state index contributed by atoms with van der Waals surface area (Å²) in [6.07, 6.45) is -0.102. The second kappa shape index (κ2) is 10.0. The van der Waals surface area contributed by atoms with Gasteiger partial charge in [-0.05, 0) is 30.3 Å². The van der Waals surface area contributed by atoms with Crippen molar-refractivity contribution in [1.82, 2.24) is 15.5 Å². The van der Waals surface area contributed by atoms with Crippen LogP contribution in [0.5, 0.6) is 0 Å². The summed E-state index contributed by atoms with van der Waals surface area (Å²) in [4.78, 5) is 47.3. The van der Waals surface area contributed by atoms with E-state index in [-0.39, 0.29) is 18.7 Å². The number of carbonyl (C=O) groups excluding carboxylic acids is 4. The van der Waals surface area contributed by atoms with Gasteiger partial charge in [0.25, 0.3) is 11.8 Å². The minimum absolute atomic E-state index is 0.0372. The maximum atomic E-state index is 12.2. The Labute approximate surface area is 176 Å². The normalized spacial score (nSPS) is 10.4. The number of carbonyl (C=O) groups is 4. The molecule has 2 aromatic carbocycles. The van der Waals surface area contributed by atoms with E-state index in [1.165, 1.54) is 31.4 Å². The lowest BCUT2D eigenvalue weighted by Gasteiger charge is -2.08. The molecule has 0 unspecified atom stereocenters. The minimum Gasteiger partial charge on any atom is -0.465 e. The van der Waals surface area contributed by atoms with Crippen LogP contribution < -0.4 is 10.6 Å². The van der Waals surface area contributed by atoms with E-state index in [0.717, 1.165) is 5.52 Å². The summed E-state index contributed by atoms with van der Waals surface area (Å²) in [7, 11) is 1.27. The van der Waals surface area contributed by atoms with Crippen molar-refractivity contribution < 1.29 is 28.7 Å². The molecule has 0 aliphatic heterocycles. The number of fused-ring (bicyclic) bond motifs is 1. The van der Waals surface area contributed by atoms with Crippen LogP contribution in [0, 0.1) is 0 Å². The van der Waals surface area contributed by atoms with Crippen LogP contribution >= 0.6 is 0 Å². The smallest absolute Gasteiger partial charge is 0.337 e. The lowest BCUT2D eigenvalue weighted by atomic mass is 10.2. The van der Waals surface area contributed by atoms with Gasteiger partial charge in [0, 0.05) is 17.6 Å². The van der Waals surface area contributed by atoms with E-state index in [4.69, 9.17) is 4.74 Å². The molecular weight excluding hydrogens is 404 g/mol. The second-order valence-electron chi connectivity index (χ2n) is 6.40. The number of esters is 2. The van der Waals surface area contributed by atoms with Crippen molar-refractivity contribution in [3.05, 3.63) is 59.8 Å². The minimum atomic E-state index is -0.636. The molecule has 0 saturated heterocycles. The zero-order valence-electron chi connectivity index (χ0n) is 16.6. The Morgan fingerprint density at radius 1 is 1.03 bits per heavy atom. The van der Waals surface area contributed by atoms with Gasteiger partial charge >= 0.3 is 11.9 Å². The number of para-hydroxylation sites is 1. The van der Waals surface area contributed by atoms with Crippen molar-refractivity contribution in [2.45, 2.75) is 6.42 Å². The van der Waals surface area contributed by atoms with E-state index in [1.54, 1.807) is 18.2 Å². The van der Waals surface area contributed by atoms with E-state index in [0.29, 0.717) is 16.6 Å². The SMILES string of the molecule is COC(=O)c1ccc(NC(=O)COC(=O)CCNC(=O)c2n[nH]c3ccccc23)cc1. The highest BCUT2D eigenvalue weighted by Gasteiger charge is 2.14. The first kappa shape index (κ1) is 21.5. The molecular formula is C21H20N4O6. The Bertz CT molecular complexity index is 1110. The van der Waals surface area contributed by atoms with Gasteiger partial charge in [0.15, 0.2) is 12.3 Å². The first-order valence-corrected chi connectivity index (χ1v) is 9.33. The van der Waals surface area contributed by atoms with Crippen LogP contribution in [-0.4, -0.2) is 54.2 Å². The van der Waals surface area contributed by atoms with Crippen LogP contribution in [-0.2, 0) is 19.1 Å². The Hall–Kier alpha value is -4.21. The largest absolute Gasteiger partial charge is 0.465 e. The van der Waals surface area contributed by atoms with Gasteiger partial charge in [0.2, 0.25) is 0 Å². The molecule has 1 aromatic heterocycles. The fraction of sp³-hybridized carbons (Fsp3) is 0.190. The van der Waals surface area contributed by atoms with Gasteiger partial charge in [-0.1, -0.05) is 18.2 Å². The van der Waals surface area contributed by atoms with Gasteiger partial charge in [-0.2, -0.15) is 5.10 Å². The molecule has 10 heteroatoms. The van der Waals surface area contributed by atoms with Crippen molar-refractivity contribution in [2.75, 3.05) is 25.6 Å². The van der Waals surface area contributed by atoms with Crippen LogP contribution in [0.15, 0.2) is 48.5 Å². The molecule has 0 atom stereocenters. The standard InChI is InChI=1S/C21H20N4O6/c1-30-21(29)13-6-8-14(9-7-13)23-17(26)12-31-18(27)10-11-22-20(28)19-15-4-2-3-5-16(15)24-25-19/h2-9H,10-12H2,1H3,(H,22,28)(H,23,26)(H,24,25). The Kier molecular flexibility index (Phi) is 6.94. The summed E-state index contributed by atoms with van der Waals surface area (Å²) in [5.74, 6) is -2.08. The molecule has 0 spiro atoms. The summed E-state index contributed by atoms with van der Waals surface area (Å²) in [5.41, 5.74) is 1.75. The number of amides is 2. The Morgan fingerprint density at radius 3 is 2.52 bits per heavy atom. The molecule has 1 heterocycles. The molecule has 3 rings (SSSR count). The number of nitrogens with zero attached hydrogens (tertiary/aromatic N) is 1. The molecule has 0 aliphatic rings. The van der Waals surface area contributed by atoms with E-state index in [1.807, 2.05) is 6.07 Å². The summed E-state index contributed by atoms with van der Waals surface area (Å²) in [6, 6.07) is 13.2. The molecule has 0 radical (unpaired) electrons.